The van der Waals surface area contributed by atoms with Gasteiger partial charge >= 0.3 is 5.97 Å². The molecule has 1 aliphatic heterocycles. The van der Waals surface area contributed by atoms with Crippen LogP contribution in [0.5, 0.6) is 0 Å². The molecule has 1 heterocycles. The number of unbranched alkanes of at least 4 members (excludes halogenated alkanes) is 9. The lowest BCUT2D eigenvalue weighted by Gasteiger charge is -2.18. The van der Waals surface area contributed by atoms with E-state index in [2.05, 4.69) is 17.0 Å². The Morgan fingerprint density at radius 2 is 1.69 bits per heavy atom. The Morgan fingerprint density at radius 3 is 2.23 bits per heavy atom. The van der Waals surface area contributed by atoms with Crippen LogP contribution < -0.4 is 5.32 Å². The van der Waals surface area contributed by atoms with Gasteiger partial charge in [-0.05, 0) is 19.0 Å². The molecule has 0 aromatic rings. The highest BCUT2D eigenvalue weighted by atomic mass is 16.6. The van der Waals surface area contributed by atoms with Crippen molar-refractivity contribution in [2.24, 2.45) is 0 Å². The van der Waals surface area contributed by atoms with Crippen molar-refractivity contribution in [3.05, 3.63) is 12.3 Å². The molecule has 0 spiro atoms. The Hall–Kier alpha value is -1.44. The molecule has 1 aliphatic rings. The molecule has 1 saturated heterocycles. The van der Waals surface area contributed by atoms with Gasteiger partial charge in [0.05, 0.1) is 0 Å². The summed E-state index contributed by atoms with van der Waals surface area (Å²) in [5, 5.41) is 31.0. The number of aliphatic hydroxyl groups excluding tert-OH is 3. The number of esters is 1. The van der Waals surface area contributed by atoms with Crippen molar-refractivity contribution in [2.45, 2.75) is 95.5 Å². The highest BCUT2D eigenvalue weighted by Gasteiger charge is 2.48. The molecular formula is C19H33NO6. The SMILES string of the molecule is CCCCCCCCCCCC=CNC(=O)C(O)[C@H]1OC(=O)[C@@H](O)[C@H]1O. The second-order valence-corrected chi connectivity index (χ2v) is 6.81. The van der Waals surface area contributed by atoms with Gasteiger partial charge in [-0.1, -0.05) is 64.4 Å². The predicted molar refractivity (Wildman–Crippen MR) is 97.0 cm³/mol. The Balaban J connectivity index is 2.07. The molecule has 0 aromatic heterocycles. The van der Waals surface area contributed by atoms with Crippen molar-refractivity contribution in [3.63, 3.8) is 0 Å². The molecule has 7 heteroatoms. The smallest absolute Gasteiger partial charge is 0.338 e. The molecule has 0 aliphatic carbocycles. The lowest BCUT2D eigenvalue weighted by Crippen LogP contribution is -2.46. The van der Waals surface area contributed by atoms with Gasteiger partial charge in [-0.2, -0.15) is 0 Å². The lowest BCUT2D eigenvalue weighted by molar-refractivity contribution is -0.153. The molecule has 1 fully saturated rings. The third-order valence-corrected chi connectivity index (χ3v) is 4.55. The van der Waals surface area contributed by atoms with Crippen LogP contribution in [0.3, 0.4) is 0 Å². The van der Waals surface area contributed by atoms with Crippen LogP contribution in [0.2, 0.25) is 0 Å². The van der Waals surface area contributed by atoms with Gasteiger partial charge in [-0.25, -0.2) is 4.79 Å². The van der Waals surface area contributed by atoms with Crippen molar-refractivity contribution in [2.75, 3.05) is 0 Å². The minimum absolute atomic E-state index is 0.792. The van der Waals surface area contributed by atoms with Crippen molar-refractivity contribution >= 4 is 11.9 Å². The van der Waals surface area contributed by atoms with Gasteiger partial charge in [0, 0.05) is 0 Å². The second-order valence-electron chi connectivity index (χ2n) is 6.81. The van der Waals surface area contributed by atoms with E-state index in [9.17, 15) is 24.9 Å². The van der Waals surface area contributed by atoms with Crippen LogP contribution in [0.25, 0.3) is 0 Å². The Kier molecular flexibility index (Phi) is 11.2. The average molecular weight is 371 g/mol. The summed E-state index contributed by atoms with van der Waals surface area (Å²) in [6, 6.07) is 0. The molecule has 4 atom stereocenters. The van der Waals surface area contributed by atoms with E-state index in [1.807, 2.05) is 0 Å². The van der Waals surface area contributed by atoms with E-state index in [0.717, 1.165) is 19.3 Å². The molecule has 1 unspecified atom stereocenters. The number of rotatable bonds is 13. The first-order valence-electron chi connectivity index (χ1n) is 9.69. The fourth-order valence-electron chi connectivity index (χ4n) is 2.88. The van der Waals surface area contributed by atoms with Gasteiger partial charge in [0.1, 0.15) is 6.10 Å². The third-order valence-electron chi connectivity index (χ3n) is 4.55. The van der Waals surface area contributed by atoms with E-state index in [1.54, 1.807) is 6.08 Å². The highest BCUT2D eigenvalue weighted by molar-refractivity contribution is 5.84. The lowest BCUT2D eigenvalue weighted by atomic mass is 10.1. The summed E-state index contributed by atoms with van der Waals surface area (Å²) in [7, 11) is 0. The monoisotopic (exact) mass is 371 g/mol. The fraction of sp³-hybridized carbons (Fsp3) is 0.789. The van der Waals surface area contributed by atoms with Crippen LogP contribution in [0, 0.1) is 0 Å². The Labute approximate surface area is 155 Å². The maximum atomic E-state index is 11.8. The number of hydrogen-bond donors (Lipinski definition) is 4. The summed E-state index contributed by atoms with van der Waals surface area (Å²) in [5.41, 5.74) is 0. The molecule has 1 rings (SSSR count). The van der Waals surface area contributed by atoms with Gasteiger partial charge in [0.15, 0.2) is 18.3 Å². The summed E-state index contributed by atoms with van der Waals surface area (Å²) in [5.74, 6) is -1.84. The molecule has 0 radical (unpaired) electrons. The summed E-state index contributed by atoms with van der Waals surface area (Å²) in [6.45, 7) is 2.22. The maximum absolute atomic E-state index is 11.8. The molecule has 0 saturated carbocycles. The number of aliphatic hydroxyl groups is 3. The summed E-state index contributed by atoms with van der Waals surface area (Å²) >= 11 is 0. The number of cyclic esters (lactones) is 1. The number of carbonyl (C=O) groups excluding carboxylic acids is 2. The van der Waals surface area contributed by atoms with Crippen LogP contribution in [0.15, 0.2) is 12.3 Å². The Bertz CT molecular complexity index is 453. The normalized spacial score (nSPS) is 24.0. The molecule has 150 valence electrons. The van der Waals surface area contributed by atoms with Gasteiger partial charge in [-0.15, -0.1) is 0 Å². The molecule has 7 nitrogen and oxygen atoms in total. The zero-order valence-electron chi connectivity index (χ0n) is 15.6. The van der Waals surface area contributed by atoms with Crippen molar-refractivity contribution in [1.29, 1.82) is 0 Å². The first kappa shape index (κ1) is 22.6. The first-order chi connectivity index (χ1) is 12.5. The van der Waals surface area contributed by atoms with Crippen LogP contribution in [-0.2, 0) is 14.3 Å². The first-order valence-corrected chi connectivity index (χ1v) is 9.69. The van der Waals surface area contributed by atoms with Crippen LogP contribution >= 0.6 is 0 Å². The predicted octanol–water partition coefficient (Wildman–Crippen LogP) is 1.55. The Morgan fingerprint density at radius 1 is 1.12 bits per heavy atom. The van der Waals surface area contributed by atoms with E-state index >= 15 is 0 Å². The number of allylic oxidation sites excluding steroid dienone is 1. The zero-order chi connectivity index (χ0) is 19.4. The number of ether oxygens (including phenoxy) is 1. The van der Waals surface area contributed by atoms with Gasteiger partial charge in [0.2, 0.25) is 0 Å². The highest BCUT2D eigenvalue weighted by Crippen LogP contribution is 2.19. The molecule has 4 N–H and O–H groups in total. The largest absolute Gasteiger partial charge is 0.454 e. The van der Waals surface area contributed by atoms with Gasteiger partial charge < -0.3 is 25.4 Å². The molecule has 1 amide bonds. The summed E-state index contributed by atoms with van der Waals surface area (Å²) in [6.07, 6.45) is 8.77. The van der Waals surface area contributed by atoms with Crippen LogP contribution in [-0.4, -0.2) is 51.6 Å². The average Bonchev–Trinajstić information content (AvgIpc) is 2.89. The third kappa shape index (κ3) is 7.85. The number of amides is 1. The molecule has 26 heavy (non-hydrogen) atoms. The van der Waals surface area contributed by atoms with Crippen molar-refractivity contribution in [3.8, 4) is 0 Å². The van der Waals surface area contributed by atoms with Crippen LogP contribution in [0.4, 0.5) is 0 Å². The van der Waals surface area contributed by atoms with E-state index in [0.29, 0.717) is 0 Å². The molecule has 0 bridgehead atoms. The standard InChI is InChI=1S/C19H33NO6/c1-2-3-4-5-6-7-8-9-10-11-12-13-20-18(24)16(23)17-14(21)15(22)19(25)26-17/h12-17,21-23H,2-11H2,1H3,(H,20,24)/t14-,15+,16?,17+/m1/s1. The van der Waals surface area contributed by atoms with Gasteiger partial charge in [0.25, 0.3) is 5.91 Å². The topological polar surface area (TPSA) is 116 Å². The van der Waals surface area contributed by atoms with Gasteiger partial charge in [-0.3, -0.25) is 4.79 Å². The summed E-state index contributed by atoms with van der Waals surface area (Å²) in [4.78, 5) is 22.9. The molecular weight excluding hydrogens is 338 g/mol. The van der Waals surface area contributed by atoms with Crippen molar-refractivity contribution in [1.82, 2.24) is 5.32 Å². The minimum Gasteiger partial charge on any atom is -0.454 e. The van der Waals surface area contributed by atoms with Crippen molar-refractivity contribution < 1.29 is 29.6 Å². The minimum atomic E-state index is -1.73. The second kappa shape index (κ2) is 12.8. The van der Waals surface area contributed by atoms with E-state index in [1.165, 1.54) is 51.1 Å². The van der Waals surface area contributed by atoms with Crippen LogP contribution in [0.1, 0.15) is 71.1 Å². The summed E-state index contributed by atoms with van der Waals surface area (Å²) < 4.78 is 4.61. The van der Waals surface area contributed by atoms with E-state index < -0.39 is 36.3 Å². The number of carbonyl (C=O) groups is 2. The number of nitrogens with one attached hydrogen (secondary N) is 1. The van der Waals surface area contributed by atoms with E-state index in [-0.39, 0.29) is 0 Å². The fourth-order valence-corrected chi connectivity index (χ4v) is 2.88. The number of hydrogen-bond acceptors (Lipinski definition) is 6. The maximum Gasteiger partial charge on any atom is 0.338 e. The molecule has 0 aromatic carbocycles. The van der Waals surface area contributed by atoms with E-state index in [4.69, 9.17) is 0 Å². The quantitative estimate of drug-likeness (QED) is 0.288. The zero-order valence-corrected chi connectivity index (χ0v) is 15.6.